The van der Waals surface area contributed by atoms with Crippen LogP contribution >= 0.6 is 0 Å². The Balaban J connectivity index is 0.000000249. The maximum atomic E-state index is 10.0. The largest absolute Gasteiger partial charge is 0.444 e. The van der Waals surface area contributed by atoms with Crippen LogP contribution < -0.4 is 5.73 Å². The number of nitrogens with two attached hydrogens (primary N) is 1. The second-order valence-electron chi connectivity index (χ2n) is 3.76. The Kier molecular flexibility index (Phi) is 6.23. The van der Waals surface area contributed by atoms with Crippen LogP contribution in [-0.2, 0) is 14.2 Å². The molecule has 1 amide bonds. The molecule has 1 aliphatic heterocycles. The van der Waals surface area contributed by atoms with Gasteiger partial charge in [-0.05, 0) is 20.8 Å². The van der Waals surface area contributed by atoms with Crippen LogP contribution in [0.15, 0.2) is 0 Å². The summed E-state index contributed by atoms with van der Waals surface area (Å²) < 4.78 is 14.5. The van der Waals surface area contributed by atoms with Crippen molar-refractivity contribution in [1.29, 1.82) is 0 Å². The van der Waals surface area contributed by atoms with Gasteiger partial charge in [-0.25, -0.2) is 4.79 Å². The fourth-order valence-electron chi connectivity index (χ4n) is 0.742. The van der Waals surface area contributed by atoms with Gasteiger partial charge >= 0.3 is 6.09 Å². The molecular formula is C9H19NO4. The van der Waals surface area contributed by atoms with Gasteiger partial charge in [-0.15, -0.1) is 0 Å². The Hall–Kier alpha value is -0.810. The fourth-order valence-corrected chi connectivity index (χ4v) is 0.742. The average molecular weight is 205 g/mol. The lowest BCUT2D eigenvalue weighted by molar-refractivity contribution is -0.0334. The van der Waals surface area contributed by atoms with Crippen molar-refractivity contribution in [2.24, 2.45) is 5.73 Å². The molecule has 1 saturated heterocycles. The van der Waals surface area contributed by atoms with E-state index in [4.69, 9.17) is 15.2 Å². The van der Waals surface area contributed by atoms with E-state index in [9.17, 15) is 4.79 Å². The van der Waals surface area contributed by atoms with Crippen molar-refractivity contribution in [2.75, 3.05) is 26.4 Å². The van der Waals surface area contributed by atoms with Crippen LogP contribution in [0.4, 0.5) is 4.79 Å². The summed E-state index contributed by atoms with van der Waals surface area (Å²) in [6.45, 7) is 8.40. The van der Waals surface area contributed by atoms with Crippen molar-refractivity contribution in [3.8, 4) is 0 Å². The minimum atomic E-state index is -0.725. The fraction of sp³-hybridized carbons (Fsp3) is 0.889. The molecule has 1 heterocycles. The lowest BCUT2D eigenvalue weighted by atomic mass is 10.2. The highest BCUT2D eigenvalue weighted by atomic mass is 16.6. The minimum Gasteiger partial charge on any atom is -0.444 e. The summed E-state index contributed by atoms with van der Waals surface area (Å²) in [6, 6.07) is 0. The Morgan fingerprint density at radius 2 is 1.50 bits per heavy atom. The topological polar surface area (TPSA) is 70.8 Å². The van der Waals surface area contributed by atoms with E-state index in [-0.39, 0.29) is 0 Å². The highest BCUT2D eigenvalue weighted by Gasteiger charge is 2.12. The Morgan fingerprint density at radius 3 is 1.57 bits per heavy atom. The lowest BCUT2D eigenvalue weighted by Gasteiger charge is -2.16. The summed E-state index contributed by atoms with van der Waals surface area (Å²) in [4.78, 5) is 10.0. The number of rotatable bonds is 0. The van der Waals surface area contributed by atoms with Gasteiger partial charge in [-0.3, -0.25) is 0 Å². The molecular weight excluding hydrogens is 186 g/mol. The second kappa shape index (κ2) is 6.62. The Bertz CT molecular complexity index is 149. The number of hydrogen-bond donors (Lipinski definition) is 1. The maximum Gasteiger partial charge on any atom is 0.405 e. The van der Waals surface area contributed by atoms with Gasteiger partial charge in [-0.2, -0.15) is 0 Å². The van der Waals surface area contributed by atoms with Gasteiger partial charge in [0.15, 0.2) is 0 Å². The molecule has 84 valence electrons. The van der Waals surface area contributed by atoms with Crippen molar-refractivity contribution in [1.82, 2.24) is 0 Å². The van der Waals surface area contributed by atoms with Crippen LogP contribution in [-0.4, -0.2) is 38.1 Å². The highest BCUT2D eigenvalue weighted by Crippen LogP contribution is 2.04. The first kappa shape index (κ1) is 13.2. The minimum absolute atomic E-state index is 0.453. The molecule has 0 aromatic heterocycles. The first-order valence-corrected chi connectivity index (χ1v) is 4.56. The quantitative estimate of drug-likeness (QED) is 0.638. The first-order valence-electron chi connectivity index (χ1n) is 4.56. The molecule has 0 bridgehead atoms. The van der Waals surface area contributed by atoms with E-state index >= 15 is 0 Å². The summed E-state index contributed by atoms with van der Waals surface area (Å²) in [5, 5.41) is 0. The van der Waals surface area contributed by atoms with Crippen molar-refractivity contribution < 1.29 is 19.0 Å². The van der Waals surface area contributed by atoms with Gasteiger partial charge in [0.25, 0.3) is 0 Å². The molecule has 0 aliphatic carbocycles. The third-order valence-electron chi connectivity index (χ3n) is 1.15. The zero-order valence-corrected chi connectivity index (χ0v) is 9.04. The molecule has 1 rings (SSSR count). The number of ether oxygens (including phenoxy) is 3. The number of primary amides is 1. The molecule has 2 N–H and O–H groups in total. The Labute approximate surface area is 84.5 Å². The monoisotopic (exact) mass is 205 g/mol. The van der Waals surface area contributed by atoms with E-state index in [0.29, 0.717) is 0 Å². The van der Waals surface area contributed by atoms with Crippen molar-refractivity contribution in [3.63, 3.8) is 0 Å². The molecule has 1 aliphatic rings. The van der Waals surface area contributed by atoms with Crippen LogP contribution in [0, 0.1) is 0 Å². The molecule has 5 nitrogen and oxygen atoms in total. The summed E-state index contributed by atoms with van der Waals surface area (Å²) in [5.74, 6) is 0. The van der Waals surface area contributed by atoms with Crippen LogP contribution in [0.1, 0.15) is 20.8 Å². The molecule has 0 radical (unpaired) electrons. The van der Waals surface area contributed by atoms with E-state index < -0.39 is 11.7 Å². The number of hydrogen-bond acceptors (Lipinski definition) is 4. The number of carbonyl (C=O) groups is 1. The molecule has 0 saturated carbocycles. The molecule has 0 spiro atoms. The van der Waals surface area contributed by atoms with E-state index in [1.54, 1.807) is 20.8 Å². The van der Waals surface area contributed by atoms with Gasteiger partial charge in [0.2, 0.25) is 0 Å². The van der Waals surface area contributed by atoms with E-state index in [2.05, 4.69) is 4.74 Å². The normalized spacial score (nSPS) is 16.5. The van der Waals surface area contributed by atoms with Crippen molar-refractivity contribution in [3.05, 3.63) is 0 Å². The van der Waals surface area contributed by atoms with Crippen molar-refractivity contribution in [2.45, 2.75) is 26.4 Å². The average Bonchev–Trinajstić information content (AvgIpc) is 2.03. The Morgan fingerprint density at radius 1 is 1.14 bits per heavy atom. The maximum absolute atomic E-state index is 10.0. The molecule has 14 heavy (non-hydrogen) atoms. The summed E-state index contributed by atoms with van der Waals surface area (Å²) in [6.07, 6.45) is -0.725. The van der Waals surface area contributed by atoms with Crippen molar-refractivity contribution >= 4 is 6.09 Å². The zero-order valence-electron chi connectivity index (χ0n) is 9.04. The smallest absolute Gasteiger partial charge is 0.405 e. The summed E-state index contributed by atoms with van der Waals surface area (Å²) >= 11 is 0. The van der Waals surface area contributed by atoms with Gasteiger partial charge in [-0.1, -0.05) is 0 Å². The first-order chi connectivity index (χ1) is 6.42. The predicted molar refractivity (Wildman–Crippen MR) is 52.1 cm³/mol. The van der Waals surface area contributed by atoms with Gasteiger partial charge in [0.1, 0.15) is 5.60 Å². The molecule has 0 unspecified atom stereocenters. The van der Waals surface area contributed by atoms with Gasteiger partial charge in [0.05, 0.1) is 26.4 Å². The second-order valence-corrected chi connectivity index (χ2v) is 3.76. The zero-order chi connectivity index (χ0) is 11.0. The van der Waals surface area contributed by atoms with Crippen LogP contribution in [0.5, 0.6) is 0 Å². The molecule has 0 atom stereocenters. The van der Waals surface area contributed by atoms with Gasteiger partial charge < -0.3 is 19.9 Å². The van der Waals surface area contributed by atoms with Gasteiger partial charge in [0, 0.05) is 0 Å². The highest BCUT2D eigenvalue weighted by molar-refractivity contribution is 5.65. The lowest BCUT2D eigenvalue weighted by Crippen LogP contribution is -2.27. The molecule has 1 fully saturated rings. The van der Waals surface area contributed by atoms with Crippen LogP contribution in [0.25, 0.3) is 0 Å². The van der Waals surface area contributed by atoms with E-state index in [0.717, 1.165) is 26.4 Å². The summed E-state index contributed by atoms with van der Waals surface area (Å²) in [5.41, 5.74) is 4.26. The predicted octanol–water partition coefficient (Wildman–Crippen LogP) is 0.913. The number of carbonyl (C=O) groups excluding carboxylic acids is 1. The molecule has 0 aromatic carbocycles. The number of amides is 1. The van der Waals surface area contributed by atoms with Crippen LogP contribution in [0.3, 0.4) is 0 Å². The molecule has 5 heteroatoms. The third-order valence-corrected chi connectivity index (χ3v) is 1.15. The standard InChI is InChI=1S/C5H11NO2.C4H8O2/c1-5(2,3)8-4(6)7;1-2-6-4-3-5-1/h1-3H3,(H2,6,7);1-4H2. The van der Waals surface area contributed by atoms with E-state index in [1.807, 2.05) is 0 Å². The SMILES string of the molecule is C1COCCO1.CC(C)(C)OC(N)=O. The summed E-state index contributed by atoms with van der Waals surface area (Å²) in [7, 11) is 0. The molecule has 0 aromatic rings. The van der Waals surface area contributed by atoms with Crippen LogP contribution in [0.2, 0.25) is 0 Å². The van der Waals surface area contributed by atoms with E-state index in [1.165, 1.54) is 0 Å². The third kappa shape index (κ3) is 11.2.